The Morgan fingerprint density at radius 3 is 1.05 bits per heavy atom. The first-order valence-corrected chi connectivity index (χ1v) is 21.4. The molecule has 0 saturated heterocycles. The number of rotatable bonds is 10. The van der Waals surface area contributed by atoms with Crippen LogP contribution in [0.15, 0.2) is 255 Å². The lowest BCUT2D eigenvalue weighted by atomic mass is 10.0. The van der Waals surface area contributed by atoms with Crippen LogP contribution in [0.2, 0.25) is 0 Å². The van der Waals surface area contributed by atoms with E-state index >= 15 is 0 Å². The van der Waals surface area contributed by atoms with Crippen LogP contribution in [0.25, 0.3) is 61.0 Å². The average molecular weight is 807 g/mol. The highest BCUT2D eigenvalue weighted by Gasteiger charge is 2.20. The first kappa shape index (κ1) is 37.5. The molecule has 4 heteroatoms. The smallest absolute Gasteiger partial charge is 0.0702 e. The van der Waals surface area contributed by atoms with E-state index in [4.69, 9.17) is 4.98 Å². The third kappa shape index (κ3) is 7.30. The van der Waals surface area contributed by atoms with Gasteiger partial charge in [-0.1, -0.05) is 146 Å². The van der Waals surface area contributed by atoms with Crippen LogP contribution >= 0.6 is 0 Å². The summed E-state index contributed by atoms with van der Waals surface area (Å²) in [6, 6.07) is 88.5. The first-order valence-electron chi connectivity index (χ1n) is 21.4. The van der Waals surface area contributed by atoms with Gasteiger partial charge in [0, 0.05) is 67.9 Å². The summed E-state index contributed by atoms with van der Waals surface area (Å²) < 4.78 is 2.40. The van der Waals surface area contributed by atoms with Gasteiger partial charge in [-0.3, -0.25) is 4.98 Å². The highest BCUT2D eigenvalue weighted by Crippen LogP contribution is 2.43. The summed E-state index contributed by atoms with van der Waals surface area (Å²) in [5, 5.41) is 2.35. The van der Waals surface area contributed by atoms with Crippen molar-refractivity contribution < 1.29 is 0 Å². The standard InChI is InChI=1S/C59H42N4/c1-6-16-46(17-7-1)57-37-32-47(42-60-57)45-28-26-43(27-29-45)44-30-33-52(34-31-44)63-58-38-35-53(61(48-18-8-2-9-19-48)49-20-10-3-11-21-49)40-55(58)56-41-54(36-39-59(56)63)62(50-22-12-4-13-23-50)51-24-14-5-15-25-51/h1-42H. The van der Waals surface area contributed by atoms with Gasteiger partial charge in [-0.15, -0.1) is 0 Å². The van der Waals surface area contributed by atoms with Crippen molar-refractivity contribution in [3.05, 3.63) is 255 Å². The van der Waals surface area contributed by atoms with Crippen molar-refractivity contribution in [3.8, 4) is 39.2 Å². The minimum absolute atomic E-state index is 0.975. The zero-order valence-electron chi connectivity index (χ0n) is 34.5. The summed E-state index contributed by atoms with van der Waals surface area (Å²) >= 11 is 0. The van der Waals surface area contributed by atoms with Gasteiger partial charge in [0.05, 0.1) is 16.7 Å². The summed E-state index contributed by atoms with van der Waals surface area (Å²) in [6.07, 6.45) is 1.96. The van der Waals surface area contributed by atoms with E-state index in [9.17, 15) is 0 Å². The molecule has 0 bridgehead atoms. The Labute approximate surface area is 367 Å². The van der Waals surface area contributed by atoms with Crippen LogP contribution < -0.4 is 9.80 Å². The molecule has 11 rings (SSSR count). The molecule has 298 valence electrons. The highest BCUT2D eigenvalue weighted by molar-refractivity contribution is 6.12. The van der Waals surface area contributed by atoms with Crippen LogP contribution in [0.5, 0.6) is 0 Å². The van der Waals surface area contributed by atoms with Crippen LogP contribution in [-0.2, 0) is 0 Å². The molecule has 2 heterocycles. The number of benzene rings is 9. The largest absolute Gasteiger partial charge is 0.310 e. The Balaban J connectivity index is 1.01. The maximum absolute atomic E-state index is 4.76. The third-order valence-electron chi connectivity index (χ3n) is 11.8. The SMILES string of the molecule is c1ccc(-c2ccc(-c3ccc(-c4ccc(-n5c6ccc(N(c7ccccc7)c7ccccc7)cc6c6cc(N(c7ccccc7)c7ccccc7)ccc65)cc4)cc3)cn2)cc1. The van der Waals surface area contributed by atoms with Gasteiger partial charge in [-0.25, -0.2) is 0 Å². The number of hydrogen-bond donors (Lipinski definition) is 0. The molecule has 0 aliphatic carbocycles. The van der Waals surface area contributed by atoms with E-state index < -0.39 is 0 Å². The van der Waals surface area contributed by atoms with E-state index in [0.29, 0.717) is 0 Å². The molecule has 0 N–H and O–H groups in total. The number of nitrogens with zero attached hydrogens (tertiary/aromatic N) is 4. The van der Waals surface area contributed by atoms with Crippen LogP contribution in [-0.4, -0.2) is 9.55 Å². The van der Waals surface area contributed by atoms with E-state index in [1.165, 1.54) is 16.3 Å². The predicted octanol–water partition coefficient (Wildman–Crippen LogP) is 16.1. The maximum atomic E-state index is 4.76. The molecular weight excluding hydrogens is 765 g/mol. The molecule has 0 radical (unpaired) electrons. The number of aromatic nitrogens is 2. The van der Waals surface area contributed by atoms with Crippen molar-refractivity contribution in [2.75, 3.05) is 9.80 Å². The summed E-state index contributed by atoms with van der Waals surface area (Å²) in [6.45, 7) is 0. The van der Waals surface area contributed by atoms with Crippen molar-refractivity contribution in [3.63, 3.8) is 0 Å². The highest BCUT2D eigenvalue weighted by atomic mass is 15.1. The fraction of sp³-hybridized carbons (Fsp3) is 0. The van der Waals surface area contributed by atoms with E-state index in [1.54, 1.807) is 0 Å². The van der Waals surface area contributed by atoms with Crippen LogP contribution in [0.4, 0.5) is 34.1 Å². The van der Waals surface area contributed by atoms with Gasteiger partial charge in [0.15, 0.2) is 0 Å². The normalized spacial score (nSPS) is 11.2. The van der Waals surface area contributed by atoms with Crippen LogP contribution in [0.1, 0.15) is 0 Å². The Kier molecular flexibility index (Phi) is 9.85. The average Bonchev–Trinajstić information content (AvgIpc) is 3.69. The summed E-state index contributed by atoms with van der Waals surface area (Å²) in [7, 11) is 0. The minimum atomic E-state index is 0.975. The lowest BCUT2D eigenvalue weighted by Crippen LogP contribution is -2.09. The van der Waals surface area contributed by atoms with Gasteiger partial charge in [0.1, 0.15) is 0 Å². The number of hydrogen-bond acceptors (Lipinski definition) is 3. The van der Waals surface area contributed by atoms with Crippen molar-refractivity contribution >= 4 is 55.9 Å². The van der Waals surface area contributed by atoms with Gasteiger partial charge >= 0.3 is 0 Å². The summed E-state index contributed by atoms with van der Waals surface area (Å²) in [5.41, 5.74) is 16.6. The van der Waals surface area contributed by atoms with E-state index in [-0.39, 0.29) is 0 Å². The lowest BCUT2D eigenvalue weighted by molar-refractivity contribution is 1.18. The molecule has 9 aromatic carbocycles. The van der Waals surface area contributed by atoms with E-state index in [0.717, 1.165) is 78.8 Å². The van der Waals surface area contributed by atoms with Crippen molar-refractivity contribution in [1.82, 2.24) is 9.55 Å². The van der Waals surface area contributed by atoms with E-state index in [2.05, 4.69) is 245 Å². The topological polar surface area (TPSA) is 24.3 Å². The lowest BCUT2D eigenvalue weighted by Gasteiger charge is -2.26. The zero-order chi connectivity index (χ0) is 42.0. The molecule has 0 atom stereocenters. The molecule has 63 heavy (non-hydrogen) atoms. The van der Waals surface area contributed by atoms with Crippen molar-refractivity contribution in [2.45, 2.75) is 0 Å². The Morgan fingerprint density at radius 1 is 0.286 bits per heavy atom. The minimum Gasteiger partial charge on any atom is -0.310 e. The predicted molar refractivity (Wildman–Crippen MR) is 264 cm³/mol. The summed E-state index contributed by atoms with van der Waals surface area (Å²) in [5.74, 6) is 0. The Hall–Kier alpha value is -8.47. The van der Waals surface area contributed by atoms with Gasteiger partial charge in [0.2, 0.25) is 0 Å². The fourth-order valence-corrected chi connectivity index (χ4v) is 8.76. The second-order valence-corrected chi connectivity index (χ2v) is 15.7. The van der Waals surface area contributed by atoms with Crippen LogP contribution in [0, 0.1) is 0 Å². The molecule has 0 fully saturated rings. The second kappa shape index (κ2) is 16.5. The number of fused-ring (bicyclic) bond motifs is 3. The van der Waals surface area contributed by atoms with E-state index in [1.807, 2.05) is 24.4 Å². The van der Waals surface area contributed by atoms with Crippen LogP contribution in [0.3, 0.4) is 0 Å². The molecule has 2 aromatic heterocycles. The molecule has 0 aliphatic heterocycles. The third-order valence-corrected chi connectivity index (χ3v) is 11.8. The van der Waals surface area contributed by atoms with Crippen molar-refractivity contribution in [1.29, 1.82) is 0 Å². The zero-order valence-corrected chi connectivity index (χ0v) is 34.5. The molecule has 0 aliphatic rings. The van der Waals surface area contributed by atoms with Gasteiger partial charge in [-0.2, -0.15) is 0 Å². The maximum Gasteiger partial charge on any atom is 0.0702 e. The molecule has 0 saturated carbocycles. The second-order valence-electron chi connectivity index (χ2n) is 15.7. The quantitative estimate of drug-likeness (QED) is 0.138. The Morgan fingerprint density at radius 2 is 0.651 bits per heavy atom. The Bertz CT molecular complexity index is 3060. The monoisotopic (exact) mass is 806 g/mol. The molecule has 0 unspecified atom stereocenters. The molecular formula is C59H42N4. The first-order chi connectivity index (χ1) is 31.2. The molecule has 0 amide bonds. The van der Waals surface area contributed by atoms with Crippen molar-refractivity contribution in [2.24, 2.45) is 0 Å². The molecule has 4 nitrogen and oxygen atoms in total. The summed E-state index contributed by atoms with van der Waals surface area (Å²) in [4.78, 5) is 9.43. The van der Waals surface area contributed by atoms with Gasteiger partial charge in [-0.05, 0) is 120 Å². The fourth-order valence-electron chi connectivity index (χ4n) is 8.76. The number of para-hydroxylation sites is 4. The molecule has 11 aromatic rings. The number of pyridine rings is 1. The van der Waals surface area contributed by atoms with Gasteiger partial charge in [0.25, 0.3) is 0 Å². The van der Waals surface area contributed by atoms with Gasteiger partial charge < -0.3 is 14.4 Å². The number of anilines is 6. The molecule has 0 spiro atoms.